The first-order chi connectivity index (χ1) is 9.03. The average Bonchev–Trinajstić information content (AvgIpc) is 2.42. The lowest BCUT2D eigenvalue weighted by Crippen LogP contribution is -2.28. The summed E-state index contributed by atoms with van der Waals surface area (Å²) in [6, 6.07) is 0. The molecular weight excluding hydrogens is 251 g/mol. The smallest absolute Gasteiger partial charge is 0.0462 e. The van der Waals surface area contributed by atoms with Crippen molar-refractivity contribution in [3.05, 3.63) is 0 Å². The average molecular weight is 288 g/mol. The van der Waals surface area contributed by atoms with Crippen molar-refractivity contribution >= 4 is 9.24 Å². The summed E-state index contributed by atoms with van der Waals surface area (Å²) < 4.78 is 5.24. The van der Waals surface area contributed by atoms with Gasteiger partial charge in [-0.3, -0.25) is 0 Å². The van der Waals surface area contributed by atoms with Gasteiger partial charge in [0.15, 0.2) is 0 Å². The van der Waals surface area contributed by atoms with Gasteiger partial charge in [-0.25, -0.2) is 0 Å². The highest BCUT2D eigenvalue weighted by molar-refractivity contribution is 7.16. The Labute approximate surface area is 124 Å². The summed E-state index contributed by atoms with van der Waals surface area (Å²) in [5, 5.41) is 0. The van der Waals surface area contributed by atoms with Gasteiger partial charge in [0.1, 0.15) is 0 Å². The van der Waals surface area contributed by atoms with Gasteiger partial charge in [0.05, 0.1) is 0 Å². The highest BCUT2D eigenvalue weighted by Gasteiger charge is 2.31. The molecule has 0 aliphatic carbocycles. The van der Waals surface area contributed by atoms with E-state index < -0.39 is 0 Å². The van der Waals surface area contributed by atoms with E-state index in [2.05, 4.69) is 36.9 Å². The molecule has 2 heteroatoms. The predicted molar refractivity (Wildman–Crippen MR) is 90.9 cm³/mol. The number of unbranched alkanes of at least 4 members (excludes halogenated alkanes) is 1. The molecule has 0 saturated carbocycles. The molecule has 0 aliphatic heterocycles. The summed E-state index contributed by atoms with van der Waals surface area (Å²) >= 11 is 0. The predicted octanol–water partition coefficient (Wildman–Crippen LogP) is 5.54. The molecule has 0 aliphatic rings. The third-order valence-corrected chi connectivity index (χ3v) is 5.65. The second-order valence-corrected chi connectivity index (χ2v) is 6.97. The van der Waals surface area contributed by atoms with E-state index in [0.29, 0.717) is 5.41 Å². The first-order valence-corrected chi connectivity index (χ1v) is 9.04. The Morgan fingerprint density at radius 1 is 1.16 bits per heavy atom. The molecule has 116 valence electrons. The molecular formula is C17H37OP. The van der Waals surface area contributed by atoms with Gasteiger partial charge in [-0.2, -0.15) is 0 Å². The maximum Gasteiger partial charge on any atom is 0.0462 e. The van der Waals surface area contributed by atoms with E-state index >= 15 is 0 Å². The van der Waals surface area contributed by atoms with Gasteiger partial charge in [-0.1, -0.05) is 47.0 Å². The normalized spacial score (nSPS) is 18.0. The van der Waals surface area contributed by atoms with Crippen molar-refractivity contribution in [1.82, 2.24) is 0 Å². The Morgan fingerprint density at radius 3 is 2.26 bits per heavy atom. The Bertz CT molecular complexity index is 203. The Kier molecular flexibility index (Phi) is 11.3. The third kappa shape index (κ3) is 7.66. The minimum atomic E-state index is 0.502. The Hall–Kier alpha value is 0.390. The molecule has 1 nitrogen and oxygen atoms in total. The van der Waals surface area contributed by atoms with Crippen LogP contribution in [0.5, 0.6) is 0 Å². The zero-order valence-corrected chi connectivity index (χ0v) is 15.2. The van der Waals surface area contributed by atoms with Crippen LogP contribution in [0.3, 0.4) is 0 Å². The molecule has 0 aromatic carbocycles. The molecule has 0 aromatic heterocycles. The van der Waals surface area contributed by atoms with Gasteiger partial charge < -0.3 is 4.74 Å². The fourth-order valence-corrected chi connectivity index (χ4v) is 3.56. The van der Waals surface area contributed by atoms with Crippen LogP contribution in [-0.4, -0.2) is 19.9 Å². The molecule has 0 fully saturated rings. The maximum atomic E-state index is 5.24. The van der Waals surface area contributed by atoms with Crippen molar-refractivity contribution < 1.29 is 4.74 Å². The second-order valence-electron chi connectivity index (χ2n) is 6.50. The van der Waals surface area contributed by atoms with Gasteiger partial charge in [-0.15, -0.1) is 9.24 Å². The third-order valence-electron chi connectivity index (χ3n) is 4.99. The highest BCUT2D eigenvalue weighted by atomic mass is 31.0. The minimum Gasteiger partial charge on any atom is -0.385 e. The molecule has 0 radical (unpaired) electrons. The van der Waals surface area contributed by atoms with E-state index in [1.165, 1.54) is 51.1 Å². The molecule has 0 bridgehead atoms. The Morgan fingerprint density at radius 2 is 1.79 bits per heavy atom. The Balaban J connectivity index is 4.50. The fraction of sp³-hybridized carbons (Fsp3) is 1.00. The van der Waals surface area contributed by atoms with Gasteiger partial charge in [0.2, 0.25) is 0 Å². The zero-order valence-electron chi connectivity index (χ0n) is 14.0. The van der Waals surface area contributed by atoms with Crippen LogP contribution in [0.15, 0.2) is 0 Å². The van der Waals surface area contributed by atoms with Gasteiger partial charge >= 0.3 is 0 Å². The maximum absolute atomic E-state index is 5.24. The van der Waals surface area contributed by atoms with E-state index in [1.807, 2.05) is 7.11 Å². The number of rotatable bonds is 12. The topological polar surface area (TPSA) is 9.23 Å². The van der Waals surface area contributed by atoms with Crippen molar-refractivity contribution in [2.24, 2.45) is 17.3 Å². The largest absolute Gasteiger partial charge is 0.385 e. The minimum absolute atomic E-state index is 0.502. The van der Waals surface area contributed by atoms with Crippen LogP contribution < -0.4 is 0 Å². The van der Waals surface area contributed by atoms with Gasteiger partial charge in [-0.05, 0) is 49.1 Å². The molecule has 0 saturated heterocycles. The number of ether oxygens (including phenoxy) is 1. The number of hydrogen-bond acceptors (Lipinski definition) is 1. The van der Waals surface area contributed by atoms with Crippen molar-refractivity contribution in [1.29, 1.82) is 0 Å². The molecule has 0 heterocycles. The molecule has 0 aromatic rings. The summed E-state index contributed by atoms with van der Waals surface area (Å²) in [7, 11) is 4.75. The van der Waals surface area contributed by atoms with Crippen LogP contribution >= 0.6 is 9.24 Å². The number of hydrogen-bond donors (Lipinski definition) is 0. The first kappa shape index (κ1) is 19.4. The molecule has 0 N–H and O–H groups in total. The van der Waals surface area contributed by atoms with E-state index in [9.17, 15) is 0 Å². The lowest BCUT2D eigenvalue weighted by Gasteiger charge is -2.38. The fourth-order valence-electron chi connectivity index (χ4n) is 3.03. The monoisotopic (exact) mass is 288 g/mol. The highest BCUT2D eigenvalue weighted by Crippen LogP contribution is 2.41. The molecule has 19 heavy (non-hydrogen) atoms. The molecule has 4 unspecified atom stereocenters. The van der Waals surface area contributed by atoms with Crippen molar-refractivity contribution in [3.8, 4) is 0 Å². The zero-order chi connectivity index (χ0) is 14.7. The summed E-state index contributed by atoms with van der Waals surface area (Å²) in [5.74, 6) is 1.70. The van der Waals surface area contributed by atoms with Crippen molar-refractivity contribution in [2.45, 2.75) is 72.6 Å². The first-order valence-electron chi connectivity index (χ1n) is 8.23. The lowest BCUT2D eigenvalue weighted by molar-refractivity contribution is 0.112. The van der Waals surface area contributed by atoms with Crippen LogP contribution in [0.1, 0.15) is 72.6 Å². The quantitative estimate of drug-likeness (QED) is 0.338. The van der Waals surface area contributed by atoms with Crippen LogP contribution in [0, 0.1) is 17.3 Å². The molecule has 0 amide bonds. The van der Waals surface area contributed by atoms with Gasteiger partial charge in [0, 0.05) is 13.7 Å². The summed E-state index contributed by atoms with van der Waals surface area (Å²) in [6.07, 6.45) is 10.5. The lowest BCUT2D eigenvalue weighted by atomic mass is 9.68. The second kappa shape index (κ2) is 11.1. The van der Waals surface area contributed by atoms with E-state index in [4.69, 9.17) is 4.74 Å². The summed E-state index contributed by atoms with van der Waals surface area (Å²) in [5.41, 5.74) is 0.502. The standard InChI is InChI=1S/C17H37OP/c1-6-8-10-17(4,11-9-12-18-5)15(3)13-16(7-2)14-19/h15-16H,6-14,19H2,1-5H3. The van der Waals surface area contributed by atoms with Crippen LogP contribution in [0.2, 0.25) is 0 Å². The molecule has 0 rings (SSSR count). The molecule has 4 atom stereocenters. The van der Waals surface area contributed by atoms with Crippen molar-refractivity contribution in [3.63, 3.8) is 0 Å². The van der Waals surface area contributed by atoms with E-state index in [0.717, 1.165) is 18.4 Å². The van der Waals surface area contributed by atoms with E-state index in [1.54, 1.807) is 0 Å². The van der Waals surface area contributed by atoms with Crippen molar-refractivity contribution in [2.75, 3.05) is 19.9 Å². The van der Waals surface area contributed by atoms with Crippen LogP contribution in [0.25, 0.3) is 0 Å². The SMILES string of the molecule is CCCCC(C)(CCCOC)C(C)CC(CC)CP. The van der Waals surface area contributed by atoms with Crippen LogP contribution in [0.4, 0.5) is 0 Å². The van der Waals surface area contributed by atoms with Gasteiger partial charge in [0.25, 0.3) is 0 Å². The number of methoxy groups -OCH3 is 1. The van der Waals surface area contributed by atoms with E-state index in [-0.39, 0.29) is 0 Å². The molecule has 0 spiro atoms. The summed E-state index contributed by atoms with van der Waals surface area (Å²) in [6.45, 7) is 10.5. The van der Waals surface area contributed by atoms with Crippen LogP contribution in [-0.2, 0) is 4.74 Å². The summed E-state index contributed by atoms with van der Waals surface area (Å²) in [4.78, 5) is 0.